The molecule has 0 atom stereocenters. The van der Waals surface area contributed by atoms with E-state index in [9.17, 15) is 8.42 Å². The maximum Gasteiger partial charge on any atom is 0.215 e. The van der Waals surface area contributed by atoms with E-state index in [4.69, 9.17) is 5.14 Å². The lowest BCUT2D eigenvalue weighted by Crippen LogP contribution is -3.10. The first-order valence-corrected chi connectivity index (χ1v) is 6.19. The van der Waals surface area contributed by atoms with Crippen LogP contribution in [0.1, 0.15) is 0 Å². The molecule has 2 N–H and O–H groups in total. The molecule has 0 amide bonds. The Hall–Kier alpha value is -0.0900. The van der Waals surface area contributed by atoms with Gasteiger partial charge in [0.25, 0.3) is 0 Å². The zero-order chi connectivity index (χ0) is 8.04. The molecule has 0 aromatic heterocycles. The van der Waals surface area contributed by atoms with E-state index in [2.05, 4.69) is 0 Å². The molecule has 64 valence electrons. The molecular weight excluding hydrogens is 174 g/mol. The molecule has 3 nitrogen and oxygen atoms in total. The second kappa shape index (κ2) is 0.989. The summed E-state index contributed by atoms with van der Waals surface area (Å²) in [4.78, 5) is 0. The third-order valence-electron chi connectivity index (χ3n) is 5.88. The van der Waals surface area contributed by atoms with Crippen molar-refractivity contribution in [2.45, 2.75) is 4.75 Å². The minimum absolute atomic E-state index is 0.345. The molecule has 0 saturated heterocycles. The van der Waals surface area contributed by atoms with Crippen molar-refractivity contribution < 1.29 is 8.42 Å². The molecule has 0 radical (unpaired) electrons. The Morgan fingerprint density at radius 1 is 0.917 bits per heavy atom. The van der Waals surface area contributed by atoms with Crippen molar-refractivity contribution in [1.29, 1.82) is 0 Å². The van der Waals surface area contributed by atoms with Crippen LogP contribution in [0, 0.1) is 41.4 Å². The van der Waals surface area contributed by atoms with Crippen molar-refractivity contribution in [3.8, 4) is 0 Å². The van der Waals surface area contributed by atoms with Crippen molar-refractivity contribution in [3.63, 3.8) is 0 Å². The van der Waals surface area contributed by atoms with Crippen molar-refractivity contribution in [2.24, 2.45) is 46.6 Å². The van der Waals surface area contributed by atoms with E-state index >= 15 is 0 Å². The highest BCUT2D eigenvalue weighted by atomic mass is 32.2. The van der Waals surface area contributed by atoms with Gasteiger partial charge in [0.15, 0.2) is 0 Å². The summed E-state index contributed by atoms with van der Waals surface area (Å²) in [6, 6.07) is 0. The maximum absolute atomic E-state index is 11.4. The first kappa shape index (κ1) is 5.60. The Kier molecular flexibility index (Phi) is 0.462. The van der Waals surface area contributed by atoms with Crippen molar-refractivity contribution in [3.05, 3.63) is 0 Å². The smallest absolute Gasteiger partial charge is 0.215 e. The zero-order valence-corrected chi connectivity index (χ0v) is 7.16. The van der Waals surface area contributed by atoms with Gasteiger partial charge < -0.3 is 0 Å². The molecule has 6 aliphatic rings. The molecule has 0 aromatic rings. The summed E-state index contributed by atoms with van der Waals surface area (Å²) in [5.41, 5.74) is 0. The number of hydrogen-bond donors (Lipinski definition) is 1. The van der Waals surface area contributed by atoms with Crippen LogP contribution < -0.4 is 5.14 Å². The van der Waals surface area contributed by atoms with Gasteiger partial charge in [0.2, 0.25) is 10.0 Å². The molecule has 0 spiro atoms. The minimum Gasteiger partial charge on any atom is -0.228 e. The Morgan fingerprint density at radius 3 is 1.58 bits per heavy atom. The van der Waals surface area contributed by atoms with Gasteiger partial charge in [0, 0.05) is 0 Å². The number of primary sulfonamides is 1. The van der Waals surface area contributed by atoms with Crippen LogP contribution in [0.25, 0.3) is 0 Å². The van der Waals surface area contributed by atoms with E-state index in [1.807, 2.05) is 0 Å². The summed E-state index contributed by atoms with van der Waals surface area (Å²) >= 11 is 0. The highest BCUT2D eigenvalue weighted by Gasteiger charge is 3.07. The van der Waals surface area contributed by atoms with E-state index in [1.54, 1.807) is 0 Å². The molecule has 4 heteroatoms. The Labute approximate surface area is 70.4 Å². The van der Waals surface area contributed by atoms with Crippen LogP contribution in [0.5, 0.6) is 0 Å². The zero-order valence-electron chi connectivity index (χ0n) is 6.34. The Morgan fingerprint density at radius 2 is 1.33 bits per heavy atom. The predicted octanol–water partition coefficient (Wildman–Crippen LogP) is -0.605. The first-order chi connectivity index (χ1) is 5.62. The molecule has 0 aliphatic heterocycles. The van der Waals surface area contributed by atoms with Gasteiger partial charge in [-0.2, -0.15) is 0 Å². The van der Waals surface area contributed by atoms with Crippen molar-refractivity contribution in [2.75, 3.05) is 0 Å². The van der Waals surface area contributed by atoms with Crippen LogP contribution in [0.15, 0.2) is 0 Å². The monoisotopic (exact) mass is 183 g/mol. The Balaban J connectivity index is 1.81. The summed E-state index contributed by atoms with van der Waals surface area (Å²) in [5.74, 6) is 4.97. The molecule has 6 fully saturated rings. The molecule has 0 heterocycles. The summed E-state index contributed by atoms with van der Waals surface area (Å²) in [5, 5.41) is 5.30. The quantitative estimate of drug-likeness (QED) is 0.590. The lowest BCUT2D eigenvalue weighted by Gasteiger charge is -3.06. The summed E-state index contributed by atoms with van der Waals surface area (Å²) in [6.45, 7) is 0. The summed E-state index contributed by atoms with van der Waals surface area (Å²) in [6.07, 6.45) is 0. The van der Waals surface area contributed by atoms with Gasteiger partial charge in [-0.25, -0.2) is 13.6 Å². The van der Waals surface area contributed by atoms with Gasteiger partial charge in [0.1, 0.15) is 0 Å². The fraction of sp³-hybridized carbons (Fsp3) is 1.00. The molecule has 12 heavy (non-hydrogen) atoms. The lowest BCUT2D eigenvalue weighted by molar-refractivity contribution is -0.547. The standard InChI is InChI=1S/C8H9NO2S/c9-12(10,11)8-5-2-1-3(5)7(8)4(1)6(2)8/h1-7H,(H2,9,10,11). The lowest BCUT2D eigenvalue weighted by atomic mass is 9.01. The number of hydrogen-bond acceptors (Lipinski definition) is 2. The molecule has 0 aromatic carbocycles. The number of nitrogens with two attached hydrogens (primary N) is 1. The van der Waals surface area contributed by atoms with Crippen LogP contribution in [0.2, 0.25) is 0 Å². The molecule has 6 aliphatic carbocycles. The van der Waals surface area contributed by atoms with Gasteiger partial charge in [-0.1, -0.05) is 0 Å². The van der Waals surface area contributed by atoms with Gasteiger partial charge in [-0.3, -0.25) is 0 Å². The van der Waals surface area contributed by atoms with E-state index in [1.165, 1.54) is 0 Å². The second-order valence-corrected chi connectivity index (χ2v) is 7.08. The maximum atomic E-state index is 11.4. The largest absolute Gasteiger partial charge is 0.228 e. The van der Waals surface area contributed by atoms with E-state index in [-0.39, 0.29) is 4.75 Å². The summed E-state index contributed by atoms with van der Waals surface area (Å²) in [7, 11) is -3.21. The molecular formula is C8H9NO2S. The molecule has 6 rings (SSSR count). The fourth-order valence-corrected chi connectivity index (χ4v) is 7.98. The van der Waals surface area contributed by atoms with Gasteiger partial charge in [-0.15, -0.1) is 0 Å². The second-order valence-electron chi connectivity index (χ2n) is 5.29. The van der Waals surface area contributed by atoms with Crippen LogP contribution in [-0.2, 0) is 10.0 Å². The SMILES string of the molecule is NS(=O)(=O)C12C3C4C5C3C1C5C42. The Bertz CT molecular complexity index is 389. The van der Waals surface area contributed by atoms with E-state index in [0.29, 0.717) is 17.8 Å². The van der Waals surface area contributed by atoms with Crippen molar-refractivity contribution >= 4 is 10.0 Å². The third-order valence-corrected chi connectivity index (χ3v) is 7.68. The van der Waals surface area contributed by atoms with Gasteiger partial charge >= 0.3 is 0 Å². The molecule has 6 saturated carbocycles. The van der Waals surface area contributed by atoms with Crippen LogP contribution in [0.3, 0.4) is 0 Å². The topological polar surface area (TPSA) is 60.2 Å². The van der Waals surface area contributed by atoms with Crippen LogP contribution >= 0.6 is 0 Å². The fourth-order valence-electron chi connectivity index (χ4n) is 5.89. The molecule has 0 unspecified atom stereocenters. The first-order valence-electron chi connectivity index (χ1n) is 4.64. The third kappa shape index (κ3) is 0.199. The average Bonchev–Trinajstić information content (AvgIpc) is 2.03. The minimum atomic E-state index is -3.21. The van der Waals surface area contributed by atoms with Gasteiger partial charge in [-0.05, 0) is 41.4 Å². The van der Waals surface area contributed by atoms with E-state index in [0.717, 1.165) is 23.7 Å². The van der Waals surface area contributed by atoms with Crippen LogP contribution in [0.4, 0.5) is 0 Å². The number of sulfonamides is 1. The van der Waals surface area contributed by atoms with Crippen LogP contribution in [-0.4, -0.2) is 13.2 Å². The highest BCUT2D eigenvalue weighted by molar-refractivity contribution is 7.90. The van der Waals surface area contributed by atoms with Gasteiger partial charge in [0.05, 0.1) is 4.75 Å². The number of rotatable bonds is 1. The highest BCUT2D eigenvalue weighted by Crippen LogP contribution is 3.03. The normalized spacial score (nSPS) is 83.6. The predicted molar refractivity (Wildman–Crippen MR) is 40.3 cm³/mol. The molecule has 0 bridgehead atoms. The summed E-state index contributed by atoms with van der Waals surface area (Å²) < 4.78 is 22.4. The van der Waals surface area contributed by atoms with E-state index < -0.39 is 10.0 Å². The van der Waals surface area contributed by atoms with Crippen molar-refractivity contribution in [1.82, 2.24) is 0 Å². The average molecular weight is 183 g/mol.